The van der Waals surface area contributed by atoms with E-state index in [2.05, 4.69) is 20.3 Å². The lowest BCUT2D eigenvalue weighted by Crippen LogP contribution is -2.11. The summed E-state index contributed by atoms with van der Waals surface area (Å²) in [7, 11) is 0. The van der Waals surface area contributed by atoms with E-state index < -0.39 is 12.5 Å². The highest BCUT2D eigenvalue weighted by Crippen LogP contribution is 2.32. The molecule has 0 spiro atoms. The molecule has 1 N–H and O–H groups in total. The Kier molecular flexibility index (Phi) is 7.54. The summed E-state index contributed by atoms with van der Waals surface area (Å²) in [4.78, 5) is 12.4. The molecule has 0 saturated heterocycles. The van der Waals surface area contributed by atoms with Crippen LogP contribution in [0.3, 0.4) is 0 Å². The zero-order chi connectivity index (χ0) is 22.4. The number of hydrogen-bond acceptors (Lipinski definition) is 6. The first-order valence-corrected chi connectivity index (χ1v) is 10.4. The molecule has 0 saturated carbocycles. The second-order valence-corrected chi connectivity index (χ2v) is 7.63. The molecule has 31 heavy (non-hydrogen) atoms. The fourth-order valence-electron chi connectivity index (χ4n) is 2.52. The second kappa shape index (κ2) is 10.3. The first-order valence-electron chi connectivity index (χ1n) is 9.16. The van der Waals surface area contributed by atoms with E-state index in [1.807, 2.05) is 19.1 Å². The first kappa shape index (κ1) is 22.6. The Hall–Kier alpha value is -3.04. The molecule has 1 aromatic heterocycles. The summed E-state index contributed by atoms with van der Waals surface area (Å²) in [6.07, 6.45) is 1.57. The minimum Gasteiger partial charge on any atom is -0.490 e. The third-order valence-corrected chi connectivity index (χ3v) is 5.27. The maximum absolute atomic E-state index is 12.5. The predicted molar refractivity (Wildman–Crippen MR) is 117 cm³/mol. The Morgan fingerprint density at radius 3 is 2.55 bits per heavy atom. The van der Waals surface area contributed by atoms with Gasteiger partial charge in [0.15, 0.2) is 16.5 Å². The van der Waals surface area contributed by atoms with E-state index in [0.717, 1.165) is 16.9 Å². The first-order chi connectivity index (χ1) is 14.9. The van der Waals surface area contributed by atoms with Crippen molar-refractivity contribution in [2.75, 3.05) is 11.9 Å². The van der Waals surface area contributed by atoms with Gasteiger partial charge in [-0.05, 0) is 49.8 Å². The summed E-state index contributed by atoms with van der Waals surface area (Å²) in [5, 5.41) is 11.3. The number of carbonyl (C=O) groups excluding carboxylic acids is 1. The number of nitrogens with zero attached hydrogens (tertiary/aromatic N) is 2. The summed E-state index contributed by atoms with van der Waals surface area (Å²) in [6.45, 7) is 0.992. The molecule has 0 fully saturated rings. The van der Waals surface area contributed by atoms with Crippen LogP contribution >= 0.6 is 22.9 Å². The van der Waals surface area contributed by atoms with Crippen LogP contribution < -0.4 is 14.8 Å². The summed E-state index contributed by atoms with van der Waals surface area (Å²) in [6, 6.07) is 11.8. The van der Waals surface area contributed by atoms with Crippen molar-refractivity contribution < 1.29 is 23.0 Å². The van der Waals surface area contributed by atoms with Gasteiger partial charge in [0.1, 0.15) is 0 Å². The predicted octanol–water partition coefficient (Wildman–Crippen LogP) is 5.84. The van der Waals surface area contributed by atoms with Gasteiger partial charge in [0.2, 0.25) is 5.01 Å². The molecule has 0 radical (unpaired) electrons. The second-order valence-electron chi connectivity index (χ2n) is 6.24. The van der Waals surface area contributed by atoms with Gasteiger partial charge in [-0.3, -0.25) is 4.79 Å². The lowest BCUT2D eigenvalue weighted by atomic mass is 10.2. The van der Waals surface area contributed by atoms with Crippen LogP contribution in [0.4, 0.5) is 14.5 Å². The van der Waals surface area contributed by atoms with Gasteiger partial charge < -0.3 is 14.8 Å². The zero-order valence-electron chi connectivity index (χ0n) is 16.6. The summed E-state index contributed by atoms with van der Waals surface area (Å²) in [5.41, 5.74) is 2.30. The lowest BCUT2D eigenvalue weighted by molar-refractivity contribution is -0.0514. The molecule has 0 atom stereocenters. The Morgan fingerprint density at radius 2 is 1.87 bits per heavy atom. The number of amides is 1. The van der Waals surface area contributed by atoms with Crippen LogP contribution in [0.1, 0.15) is 32.9 Å². The molecular formula is C21H18ClF2N3O3S. The number of hydrogen-bond donors (Lipinski definition) is 1. The third-order valence-electron chi connectivity index (χ3n) is 3.91. The molecule has 6 nitrogen and oxygen atoms in total. The van der Waals surface area contributed by atoms with Gasteiger partial charge in [-0.1, -0.05) is 46.7 Å². The van der Waals surface area contributed by atoms with E-state index in [-0.39, 0.29) is 28.1 Å². The molecule has 1 heterocycles. The smallest absolute Gasteiger partial charge is 0.387 e. The minimum absolute atomic E-state index is 0.0731. The Morgan fingerprint density at radius 1 is 1.16 bits per heavy atom. The summed E-state index contributed by atoms with van der Waals surface area (Å²) in [5.74, 6) is -0.309. The largest absolute Gasteiger partial charge is 0.490 e. The monoisotopic (exact) mass is 465 g/mol. The van der Waals surface area contributed by atoms with Crippen molar-refractivity contribution >= 4 is 45.6 Å². The number of aryl methyl sites for hydroxylation is 1. The molecule has 0 aliphatic heterocycles. The zero-order valence-corrected chi connectivity index (χ0v) is 18.1. The number of anilines is 1. The van der Waals surface area contributed by atoms with Crippen LogP contribution in [0.5, 0.6) is 11.5 Å². The van der Waals surface area contributed by atoms with Gasteiger partial charge in [-0.15, -0.1) is 10.2 Å². The Labute approximate surface area is 186 Å². The quantitative estimate of drug-likeness (QED) is 0.452. The minimum atomic E-state index is -2.96. The van der Waals surface area contributed by atoms with Crippen LogP contribution in [-0.2, 0) is 0 Å². The van der Waals surface area contributed by atoms with E-state index in [9.17, 15) is 13.6 Å². The summed E-state index contributed by atoms with van der Waals surface area (Å²) < 4.78 is 34.9. The molecular weight excluding hydrogens is 448 g/mol. The molecule has 162 valence electrons. The van der Waals surface area contributed by atoms with E-state index >= 15 is 0 Å². The molecule has 10 heteroatoms. The number of nitrogens with one attached hydrogen (secondary N) is 1. The van der Waals surface area contributed by atoms with Crippen LogP contribution in [0.2, 0.25) is 0 Å². The SMILES string of the molecule is CCOc1cc(/C=C(\Cl)c2nnc(C(=O)Nc3ccc(C)cc3)s2)ccc1OC(F)F. The van der Waals surface area contributed by atoms with Crippen molar-refractivity contribution in [3.8, 4) is 11.5 Å². The van der Waals surface area contributed by atoms with Crippen molar-refractivity contribution in [3.63, 3.8) is 0 Å². The van der Waals surface area contributed by atoms with Gasteiger partial charge in [0.05, 0.1) is 11.6 Å². The lowest BCUT2D eigenvalue weighted by Gasteiger charge is -2.11. The molecule has 0 unspecified atom stereocenters. The Balaban J connectivity index is 1.76. The highest BCUT2D eigenvalue weighted by atomic mass is 35.5. The molecule has 1 amide bonds. The van der Waals surface area contributed by atoms with Crippen molar-refractivity contribution in [1.29, 1.82) is 0 Å². The maximum Gasteiger partial charge on any atom is 0.387 e. The number of alkyl halides is 2. The highest BCUT2D eigenvalue weighted by molar-refractivity contribution is 7.15. The van der Waals surface area contributed by atoms with Gasteiger partial charge >= 0.3 is 6.61 Å². The number of rotatable bonds is 8. The molecule has 2 aromatic carbocycles. The maximum atomic E-state index is 12.5. The van der Waals surface area contributed by atoms with Crippen LogP contribution in [0, 0.1) is 6.92 Å². The van der Waals surface area contributed by atoms with Crippen LogP contribution in [0.15, 0.2) is 42.5 Å². The van der Waals surface area contributed by atoms with Gasteiger partial charge in [0.25, 0.3) is 5.91 Å². The molecule has 0 aliphatic rings. The number of aromatic nitrogens is 2. The average Bonchev–Trinajstić information content (AvgIpc) is 3.22. The summed E-state index contributed by atoms with van der Waals surface area (Å²) >= 11 is 7.36. The van der Waals surface area contributed by atoms with Crippen molar-refractivity contribution in [3.05, 3.63) is 63.6 Å². The van der Waals surface area contributed by atoms with Crippen LogP contribution in [-0.4, -0.2) is 29.3 Å². The van der Waals surface area contributed by atoms with Gasteiger partial charge in [-0.25, -0.2) is 0 Å². The van der Waals surface area contributed by atoms with E-state index in [0.29, 0.717) is 16.3 Å². The topological polar surface area (TPSA) is 73.3 Å². The van der Waals surface area contributed by atoms with Crippen molar-refractivity contribution in [2.24, 2.45) is 0 Å². The van der Waals surface area contributed by atoms with Gasteiger partial charge in [-0.2, -0.15) is 8.78 Å². The normalized spacial score (nSPS) is 11.5. The molecule has 0 aliphatic carbocycles. The molecule has 3 rings (SSSR count). The average molecular weight is 466 g/mol. The van der Waals surface area contributed by atoms with Crippen molar-refractivity contribution in [2.45, 2.75) is 20.5 Å². The number of carbonyl (C=O) groups is 1. The van der Waals surface area contributed by atoms with E-state index in [1.165, 1.54) is 12.1 Å². The number of benzene rings is 2. The number of halogens is 3. The third kappa shape index (κ3) is 6.22. The highest BCUT2D eigenvalue weighted by Gasteiger charge is 2.16. The molecule has 0 bridgehead atoms. The van der Waals surface area contributed by atoms with Crippen molar-refractivity contribution in [1.82, 2.24) is 10.2 Å². The van der Waals surface area contributed by atoms with Gasteiger partial charge in [0, 0.05) is 5.69 Å². The standard InChI is InChI=1S/C21H18ClF2N3O3S/c1-3-29-17-11-13(6-9-16(17)30-21(23)24)10-15(22)19-26-27-20(31-19)18(28)25-14-7-4-12(2)5-8-14/h4-11,21H,3H2,1-2H3,(H,25,28)/b15-10-. The number of ether oxygens (including phenoxy) is 2. The van der Waals surface area contributed by atoms with Crippen LogP contribution in [0.25, 0.3) is 11.1 Å². The fourth-order valence-corrected chi connectivity index (χ4v) is 3.44. The van der Waals surface area contributed by atoms with E-state index in [4.69, 9.17) is 16.3 Å². The molecule has 3 aromatic rings. The van der Waals surface area contributed by atoms with E-state index in [1.54, 1.807) is 31.2 Å². The Bertz CT molecular complexity index is 1090. The fraction of sp³-hybridized carbons (Fsp3) is 0.190.